The molecular weight excluding hydrogens is 290 g/mol. The lowest BCUT2D eigenvalue weighted by molar-refractivity contribution is 0.752. The van der Waals surface area contributed by atoms with Crippen LogP contribution >= 0.6 is 11.8 Å². The normalized spacial score (nSPS) is 19.1. The first-order chi connectivity index (χ1) is 10.3. The molecule has 0 unspecified atom stereocenters. The van der Waals surface area contributed by atoms with Crippen molar-refractivity contribution >= 4 is 28.4 Å². The zero-order valence-electron chi connectivity index (χ0n) is 13.9. The molecule has 1 aliphatic rings. The Morgan fingerprint density at radius 2 is 2.05 bits per heavy atom. The van der Waals surface area contributed by atoms with Crippen molar-refractivity contribution in [2.75, 3.05) is 18.0 Å². The standard InChI is InChI=1S/C18H25N3S/c1-12-9-17(21-8-7-13(19)11-21)15-6-5-14(10-16(15)20-12)22-18(2,3)4/h5-6,9-10,13H,7-8,11,19H2,1-4H3/t13-/m1/s1. The number of hydrogen-bond acceptors (Lipinski definition) is 4. The van der Waals surface area contributed by atoms with Crippen molar-refractivity contribution in [2.45, 2.75) is 49.8 Å². The lowest BCUT2D eigenvalue weighted by Crippen LogP contribution is -2.26. The van der Waals surface area contributed by atoms with E-state index in [1.165, 1.54) is 16.0 Å². The van der Waals surface area contributed by atoms with E-state index in [-0.39, 0.29) is 4.75 Å². The molecule has 1 aromatic heterocycles. The van der Waals surface area contributed by atoms with Gasteiger partial charge in [-0.25, -0.2) is 0 Å². The molecule has 2 heterocycles. The molecule has 0 spiro atoms. The van der Waals surface area contributed by atoms with Crippen LogP contribution in [0.3, 0.4) is 0 Å². The molecule has 2 N–H and O–H groups in total. The van der Waals surface area contributed by atoms with Crippen LogP contribution in [0.15, 0.2) is 29.2 Å². The number of nitrogens with zero attached hydrogens (tertiary/aromatic N) is 2. The zero-order valence-corrected chi connectivity index (χ0v) is 14.7. The van der Waals surface area contributed by atoms with Crippen LogP contribution in [0.1, 0.15) is 32.9 Å². The van der Waals surface area contributed by atoms with Crippen LogP contribution in [0.2, 0.25) is 0 Å². The second kappa shape index (κ2) is 5.74. The fraction of sp³-hybridized carbons (Fsp3) is 0.500. The minimum Gasteiger partial charge on any atom is -0.369 e. The Labute approximate surface area is 137 Å². The third-order valence-corrected chi connectivity index (χ3v) is 4.98. The van der Waals surface area contributed by atoms with Gasteiger partial charge in [-0.1, -0.05) is 20.8 Å². The summed E-state index contributed by atoms with van der Waals surface area (Å²) in [6.07, 6.45) is 1.07. The van der Waals surface area contributed by atoms with Crippen molar-refractivity contribution in [2.24, 2.45) is 5.73 Å². The fourth-order valence-corrected chi connectivity index (χ4v) is 4.02. The molecule has 0 bridgehead atoms. The van der Waals surface area contributed by atoms with Crippen LogP contribution in [0.4, 0.5) is 5.69 Å². The van der Waals surface area contributed by atoms with Gasteiger partial charge >= 0.3 is 0 Å². The average molecular weight is 315 g/mol. The van der Waals surface area contributed by atoms with Gasteiger partial charge in [-0.05, 0) is 37.6 Å². The number of pyridine rings is 1. The fourth-order valence-electron chi connectivity index (χ4n) is 3.00. The van der Waals surface area contributed by atoms with Crippen LogP contribution < -0.4 is 10.6 Å². The molecule has 0 saturated carbocycles. The molecule has 118 valence electrons. The van der Waals surface area contributed by atoms with Gasteiger partial charge in [0, 0.05) is 45.5 Å². The van der Waals surface area contributed by atoms with Crippen LogP contribution in [0, 0.1) is 6.92 Å². The van der Waals surface area contributed by atoms with E-state index in [1.807, 2.05) is 11.8 Å². The lowest BCUT2D eigenvalue weighted by atomic mass is 10.1. The summed E-state index contributed by atoms with van der Waals surface area (Å²) in [5, 5.41) is 1.23. The van der Waals surface area contributed by atoms with Crippen molar-refractivity contribution in [1.82, 2.24) is 4.98 Å². The van der Waals surface area contributed by atoms with Crippen molar-refractivity contribution in [3.8, 4) is 0 Å². The smallest absolute Gasteiger partial charge is 0.0737 e. The van der Waals surface area contributed by atoms with E-state index in [0.29, 0.717) is 6.04 Å². The van der Waals surface area contributed by atoms with E-state index in [9.17, 15) is 0 Å². The average Bonchev–Trinajstić information content (AvgIpc) is 2.82. The van der Waals surface area contributed by atoms with E-state index >= 15 is 0 Å². The number of fused-ring (bicyclic) bond motifs is 1. The summed E-state index contributed by atoms with van der Waals surface area (Å²) in [5.41, 5.74) is 9.52. The van der Waals surface area contributed by atoms with E-state index < -0.39 is 0 Å². The number of hydrogen-bond donors (Lipinski definition) is 1. The number of aromatic nitrogens is 1. The summed E-state index contributed by atoms with van der Waals surface area (Å²) >= 11 is 1.89. The maximum atomic E-state index is 6.08. The highest BCUT2D eigenvalue weighted by Crippen LogP contribution is 2.36. The summed E-state index contributed by atoms with van der Waals surface area (Å²) < 4.78 is 0.210. The first-order valence-electron chi connectivity index (χ1n) is 7.93. The highest BCUT2D eigenvalue weighted by molar-refractivity contribution is 8.00. The van der Waals surface area contributed by atoms with Crippen molar-refractivity contribution in [3.63, 3.8) is 0 Å². The van der Waals surface area contributed by atoms with Crippen LogP contribution in [0.5, 0.6) is 0 Å². The van der Waals surface area contributed by atoms with Crippen molar-refractivity contribution < 1.29 is 0 Å². The number of anilines is 1. The van der Waals surface area contributed by atoms with Crippen LogP contribution in [0.25, 0.3) is 10.9 Å². The number of thioether (sulfide) groups is 1. The summed E-state index contributed by atoms with van der Waals surface area (Å²) in [5.74, 6) is 0. The minimum atomic E-state index is 0.210. The molecule has 1 saturated heterocycles. The van der Waals surface area contributed by atoms with Gasteiger partial charge in [0.1, 0.15) is 0 Å². The monoisotopic (exact) mass is 315 g/mol. The maximum absolute atomic E-state index is 6.08. The topological polar surface area (TPSA) is 42.1 Å². The van der Waals surface area contributed by atoms with Crippen LogP contribution in [-0.4, -0.2) is 28.9 Å². The maximum Gasteiger partial charge on any atom is 0.0737 e. The molecule has 0 radical (unpaired) electrons. The Morgan fingerprint density at radius 1 is 1.27 bits per heavy atom. The number of rotatable bonds is 2. The summed E-state index contributed by atoms with van der Waals surface area (Å²) in [6, 6.07) is 9.14. The summed E-state index contributed by atoms with van der Waals surface area (Å²) in [6.45, 7) is 10.8. The first-order valence-corrected chi connectivity index (χ1v) is 8.74. The van der Waals surface area contributed by atoms with E-state index in [0.717, 1.165) is 30.7 Å². The molecule has 2 aromatic rings. The second-order valence-electron chi connectivity index (χ2n) is 7.17. The molecule has 0 aliphatic carbocycles. The van der Waals surface area contributed by atoms with Gasteiger partial charge in [0.15, 0.2) is 0 Å². The van der Waals surface area contributed by atoms with Gasteiger partial charge in [0.2, 0.25) is 0 Å². The van der Waals surface area contributed by atoms with Crippen molar-refractivity contribution in [1.29, 1.82) is 0 Å². The molecular formula is C18H25N3S. The van der Waals surface area contributed by atoms with E-state index in [2.05, 4.69) is 56.9 Å². The predicted molar refractivity (Wildman–Crippen MR) is 96.9 cm³/mol. The van der Waals surface area contributed by atoms with Gasteiger partial charge in [0.05, 0.1) is 5.52 Å². The number of nitrogens with two attached hydrogens (primary N) is 1. The molecule has 3 rings (SSSR count). The third kappa shape index (κ3) is 3.39. The highest BCUT2D eigenvalue weighted by Gasteiger charge is 2.22. The highest BCUT2D eigenvalue weighted by atomic mass is 32.2. The van der Waals surface area contributed by atoms with Gasteiger partial charge in [-0.2, -0.15) is 0 Å². The molecule has 1 aliphatic heterocycles. The quantitative estimate of drug-likeness (QED) is 0.852. The van der Waals surface area contributed by atoms with Crippen LogP contribution in [-0.2, 0) is 0 Å². The minimum absolute atomic E-state index is 0.210. The zero-order chi connectivity index (χ0) is 15.9. The molecule has 4 heteroatoms. The van der Waals surface area contributed by atoms with Gasteiger partial charge < -0.3 is 10.6 Å². The molecule has 1 fully saturated rings. The molecule has 22 heavy (non-hydrogen) atoms. The van der Waals surface area contributed by atoms with Crippen molar-refractivity contribution in [3.05, 3.63) is 30.0 Å². The Hall–Kier alpha value is -1.26. The Balaban J connectivity index is 2.03. The van der Waals surface area contributed by atoms with Gasteiger partial charge in [-0.15, -0.1) is 11.8 Å². The third-order valence-electron chi connectivity index (χ3n) is 3.88. The SMILES string of the molecule is Cc1cc(N2CC[C@@H](N)C2)c2ccc(SC(C)(C)C)cc2n1. The Kier molecular flexibility index (Phi) is 4.08. The largest absolute Gasteiger partial charge is 0.369 e. The molecule has 3 nitrogen and oxygen atoms in total. The number of benzene rings is 1. The lowest BCUT2D eigenvalue weighted by Gasteiger charge is -2.22. The first kappa shape index (κ1) is 15.6. The number of aryl methyl sites for hydroxylation is 1. The predicted octanol–water partition coefficient (Wildman–Crippen LogP) is 3.97. The van der Waals surface area contributed by atoms with E-state index in [4.69, 9.17) is 10.7 Å². The summed E-state index contributed by atoms with van der Waals surface area (Å²) in [7, 11) is 0. The molecule has 0 amide bonds. The van der Waals surface area contributed by atoms with Gasteiger partial charge in [0.25, 0.3) is 0 Å². The van der Waals surface area contributed by atoms with E-state index in [1.54, 1.807) is 0 Å². The van der Waals surface area contributed by atoms with Gasteiger partial charge in [-0.3, -0.25) is 4.98 Å². The molecule has 1 atom stereocenters. The second-order valence-corrected chi connectivity index (χ2v) is 9.07. The Bertz CT molecular complexity index is 691. The Morgan fingerprint density at radius 3 is 2.68 bits per heavy atom. The summed E-state index contributed by atoms with van der Waals surface area (Å²) in [4.78, 5) is 8.43. The molecule has 1 aromatic carbocycles.